The quantitative estimate of drug-likeness (QED) is 0.305. The molecule has 144 valence electrons. The highest BCUT2D eigenvalue weighted by Crippen LogP contribution is 2.31. The molecule has 0 amide bonds. The molecule has 28 heavy (non-hydrogen) atoms. The van der Waals surface area contributed by atoms with Crippen molar-refractivity contribution in [2.75, 3.05) is 18.5 Å². The molecule has 0 spiro atoms. The fraction of sp³-hybridized carbons (Fsp3) is 0.167. The van der Waals surface area contributed by atoms with E-state index in [9.17, 15) is 15.2 Å². The fourth-order valence-electron chi connectivity index (χ4n) is 2.54. The topological polar surface area (TPSA) is 112 Å². The second kappa shape index (κ2) is 9.05. The van der Waals surface area contributed by atoms with Crippen LogP contribution in [0, 0.1) is 10.1 Å². The van der Waals surface area contributed by atoms with E-state index in [0.717, 1.165) is 0 Å². The summed E-state index contributed by atoms with van der Waals surface area (Å²) in [6.45, 7) is -0.0457. The monoisotopic (exact) mass is 463 g/mol. The van der Waals surface area contributed by atoms with Gasteiger partial charge in [0.05, 0.1) is 35.2 Å². The van der Waals surface area contributed by atoms with Crippen molar-refractivity contribution in [3.63, 3.8) is 0 Å². The number of aliphatic hydroxyl groups excluding tert-OH is 1. The molecule has 0 aliphatic carbocycles. The van der Waals surface area contributed by atoms with Gasteiger partial charge in [-0.25, -0.2) is 4.99 Å². The number of nitro groups is 1. The molecule has 3 rings (SSSR count). The lowest BCUT2D eigenvalue weighted by Gasteiger charge is -2.09. The van der Waals surface area contributed by atoms with Gasteiger partial charge in [-0.15, -0.1) is 0 Å². The van der Waals surface area contributed by atoms with Gasteiger partial charge in [0.25, 0.3) is 5.69 Å². The number of amidine groups is 1. The molecule has 1 aliphatic heterocycles. The van der Waals surface area contributed by atoms with Gasteiger partial charge in [-0.1, -0.05) is 45.7 Å². The molecule has 0 radical (unpaired) electrons. The van der Waals surface area contributed by atoms with E-state index in [1.54, 1.807) is 24.3 Å². The fourth-order valence-corrected chi connectivity index (χ4v) is 3.07. The summed E-state index contributed by atoms with van der Waals surface area (Å²) < 4.78 is 0. The Bertz CT molecular complexity index is 1000. The van der Waals surface area contributed by atoms with Gasteiger partial charge in [0, 0.05) is 33.6 Å². The summed E-state index contributed by atoms with van der Waals surface area (Å²) >= 11 is 9.57. The maximum Gasteiger partial charge on any atom is 0.270 e. The zero-order valence-electron chi connectivity index (χ0n) is 14.5. The summed E-state index contributed by atoms with van der Waals surface area (Å²) in [7, 11) is 0. The predicted molar refractivity (Wildman–Crippen MR) is 114 cm³/mol. The summed E-state index contributed by atoms with van der Waals surface area (Å²) in [4.78, 5) is 19.9. The molecule has 0 saturated carbocycles. The molecule has 0 saturated heterocycles. The van der Waals surface area contributed by atoms with Crippen LogP contribution in [0.1, 0.15) is 11.1 Å². The number of nitro benzene ring substituents is 1. The number of aliphatic hydroxyl groups is 1. The number of rotatable bonds is 5. The van der Waals surface area contributed by atoms with Crippen molar-refractivity contribution < 1.29 is 10.0 Å². The van der Waals surface area contributed by atoms with Crippen LogP contribution in [-0.4, -0.2) is 45.8 Å². The predicted octanol–water partition coefficient (Wildman–Crippen LogP) is 3.46. The Morgan fingerprint density at radius 3 is 2.79 bits per heavy atom. The smallest absolute Gasteiger partial charge is 0.270 e. The standard InChI is InChI=1S/C18H15BrClN5O3/c19-8-11(10-26)23-24-17-9-21-18(13-3-1-2-4-15(13)20)14-7-12(25(27)28)5-6-16(14)22-17/h1-7,26H,8-10H2,(H,22,24)/b23-11-. The van der Waals surface area contributed by atoms with Gasteiger partial charge in [0.15, 0.2) is 0 Å². The number of alkyl halides is 1. The second-order valence-corrected chi connectivity index (χ2v) is 6.71. The third-order valence-corrected chi connectivity index (χ3v) is 4.87. The molecule has 0 aromatic heterocycles. The lowest BCUT2D eigenvalue weighted by atomic mass is 10.00. The van der Waals surface area contributed by atoms with E-state index in [2.05, 4.69) is 36.4 Å². The molecule has 0 bridgehead atoms. The number of fused-ring (bicyclic) bond motifs is 1. The minimum atomic E-state index is -0.466. The molecule has 8 nitrogen and oxygen atoms in total. The lowest BCUT2D eigenvalue weighted by molar-refractivity contribution is -0.384. The van der Waals surface area contributed by atoms with Crippen molar-refractivity contribution in [2.24, 2.45) is 15.1 Å². The van der Waals surface area contributed by atoms with E-state index in [4.69, 9.17) is 11.6 Å². The average molecular weight is 465 g/mol. The third kappa shape index (κ3) is 4.44. The van der Waals surface area contributed by atoms with Crippen LogP contribution in [-0.2, 0) is 0 Å². The molecule has 2 N–H and O–H groups in total. The molecule has 0 atom stereocenters. The number of non-ortho nitro benzene ring substituents is 1. The van der Waals surface area contributed by atoms with E-state index in [1.165, 1.54) is 12.1 Å². The Labute approximate surface area is 173 Å². The van der Waals surface area contributed by atoms with Crippen LogP contribution in [0.4, 0.5) is 11.4 Å². The minimum absolute atomic E-state index is 0.0648. The molecule has 10 heteroatoms. The number of benzene rings is 2. The molecular weight excluding hydrogens is 450 g/mol. The lowest BCUT2D eigenvalue weighted by Crippen LogP contribution is -2.23. The average Bonchev–Trinajstić information content (AvgIpc) is 2.88. The van der Waals surface area contributed by atoms with Crippen molar-refractivity contribution in [1.29, 1.82) is 0 Å². The molecular formula is C18H15BrClN5O3. The third-order valence-electron chi connectivity index (χ3n) is 3.90. The maximum absolute atomic E-state index is 11.2. The number of hydrogen-bond acceptors (Lipinski definition) is 7. The van der Waals surface area contributed by atoms with Crippen LogP contribution < -0.4 is 5.43 Å². The Morgan fingerprint density at radius 1 is 1.32 bits per heavy atom. The van der Waals surface area contributed by atoms with Crippen molar-refractivity contribution >= 4 is 56.2 Å². The number of aliphatic imine (C=N–C) groups is 2. The van der Waals surface area contributed by atoms with Crippen LogP contribution >= 0.6 is 27.5 Å². The van der Waals surface area contributed by atoms with Gasteiger partial charge < -0.3 is 5.11 Å². The first kappa shape index (κ1) is 20.1. The highest BCUT2D eigenvalue weighted by atomic mass is 79.9. The first-order valence-electron chi connectivity index (χ1n) is 8.17. The Hall–Kier alpha value is -2.62. The van der Waals surface area contributed by atoms with E-state index >= 15 is 0 Å². The zero-order chi connectivity index (χ0) is 20.1. The van der Waals surface area contributed by atoms with Crippen LogP contribution in [0.2, 0.25) is 5.02 Å². The van der Waals surface area contributed by atoms with Crippen LogP contribution in [0.5, 0.6) is 0 Å². The normalized spacial score (nSPS) is 13.9. The van der Waals surface area contributed by atoms with Crippen molar-refractivity contribution in [1.82, 2.24) is 5.43 Å². The summed E-state index contributed by atoms with van der Waals surface area (Å²) in [5, 5.41) is 25.4. The van der Waals surface area contributed by atoms with E-state index < -0.39 is 4.92 Å². The summed E-state index contributed by atoms with van der Waals surface area (Å²) in [5.41, 5.74) is 5.40. The Balaban J connectivity index is 2.10. The summed E-state index contributed by atoms with van der Waals surface area (Å²) in [6.07, 6.45) is 0. The summed E-state index contributed by atoms with van der Waals surface area (Å²) in [5.74, 6) is 0.434. The number of hydrogen-bond donors (Lipinski definition) is 2. The Kier molecular flexibility index (Phi) is 6.50. The SMILES string of the molecule is O=[N+]([O-])c1ccc2c(c1)C(c1ccccc1Cl)=NCC(N/N=C(\CO)CBr)=N2. The van der Waals surface area contributed by atoms with E-state index in [1.807, 2.05) is 6.07 Å². The number of halogens is 2. The second-order valence-electron chi connectivity index (χ2n) is 5.74. The van der Waals surface area contributed by atoms with Gasteiger partial charge in [-0.3, -0.25) is 20.5 Å². The molecule has 2 aromatic rings. The molecule has 0 fully saturated rings. The van der Waals surface area contributed by atoms with E-state index in [0.29, 0.717) is 44.4 Å². The first-order valence-corrected chi connectivity index (χ1v) is 9.67. The first-order chi connectivity index (χ1) is 13.5. The highest BCUT2D eigenvalue weighted by molar-refractivity contribution is 9.09. The summed E-state index contributed by atoms with van der Waals surface area (Å²) in [6, 6.07) is 11.5. The number of hydrazone groups is 1. The van der Waals surface area contributed by atoms with Crippen LogP contribution in [0.3, 0.4) is 0 Å². The highest BCUT2D eigenvalue weighted by Gasteiger charge is 2.21. The van der Waals surface area contributed by atoms with Crippen LogP contribution in [0.15, 0.2) is 57.6 Å². The van der Waals surface area contributed by atoms with Gasteiger partial charge >= 0.3 is 0 Å². The molecule has 0 unspecified atom stereocenters. The maximum atomic E-state index is 11.2. The van der Waals surface area contributed by atoms with Crippen molar-refractivity contribution in [2.45, 2.75) is 0 Å². The molecule has 1 heterocycles. The van der Waals surface area contributed by atoms with Crippen molar-refractivity contribution in [3.8, 4) is 0 Å². The minimum Gasteiger partial charge on any atom is -0.390 e. The molecule has 2 aromatic carbocycles. The van der Waals surface area contributed by atoms with Crippen LogP contribution in [0.25, 0.3) is 0 Å². The largest absolute Gasteiger partial charge is 0.390 e. The van der Waals surface area contributed by atoms with Gasteiger partial charge in [0.2, 0.25) is 0 Å². The van der Waals surface area contributed by atoms with Gasteiger partial charge in [-0.2, -0.15) is 5.10 Å². The molecule has 1 aliphatic rings. The van der Waals surface area contributed by atoms with Gasteiger partial charge in [0.1, 0.15) is 5.84 Å². The Morgan fingerprint density at radius 2 is 2.11 bits per heavy atom. The van der Waals surface area contributed by atoms with Gasteiger partial charge in [-0.05, 0) is 12.1 Å². The number of nitrogens with zero attached hydrogens (tertiary/aromatic N) is 4. The van der Waals surface area contributed by atoms with E-state index in [-0.39, 0.29) is 18.8 Å². The zero-order valence-corrected chi connectivity index (χ0v) is 16.8. The van der Waals surface area contributed by atoms with Crippen molar-refractivity contribution in [3.05, 3.63) is 68.7 Å². The number of nitrogens with one attached hydrogen (secondary N) is 1.